The summed E-state index contributed by atoms with van der Waals surface area (Å²) in [5.41, 5.74) is 0.736. The SMILES string of the molecule is CC(F)c1ncnc(NCCOC(=O)Nc2ccc(Br)cc2)c1Cl. The lowest BCUT2D eigenvalue weighted by Gasteiger charge is -2.11. The lowest BCUT2D eigenvalue weighted by Crippen LogP contribution is -2.19. The van der Waals surface area contributed by atoms with Crippen molar-refractivity contribution in [1.29, 1.82) is 0 Å². The molecule has 0 fully saturated rings. The van der Waals surface area contributed by atoms with E-state index in [0.717, 1.165) is 4.47 Å². The van der Waals surface area contributed by atoms with Crippen molar-refractivity contribution in [2.75, 3.05) is 23.8 Å². The van der Waals surface area contributed by atoms with Crippen LogP contribution in [0.15, 0.2) is 35.1 Å². The maximum Gasteiger partial charge on any atom is 0.411 e. The lowest BCUT2D eigenvalue weighted by molar-refractivity contribution is 0.166. The molecule has 0 bridgehead atoms. The molecular weight excluding hydrogens is 403 g/mol. The predicted molar refractivity (Wildman–Crippen MR) is 94.2 cm³/mol. The second kappa shape index (κ2) is 8.79. The fraction of sp³-hybridized carbons (Fsp3) is 0.267. The number of hydrogen-bond acceptors (Lipinski definition) is 5. The van der Waals surface area contributed by atoms with Gasteiger partial charge < -0.3 is 10.1 Å². The molecule has 1 amide bonds. The number of hydrogen-bond donors (Lipinski definition) is 2. The van der Waals surface area contributed by atoms with Crippen LogP contribution in [0.4, 0.5) is 20.7 Å². The summed E-state index contributed by atoms with van der Waals surface area (Å²) in [5, 5.41) is 5.58. The summed E-state index contributed by atoms with van der Waals surface area (Å²) < 4.78 is 19.3. The molecule has 2 N–H and O–H groups in total. The van der Waals surface area contributed by atoms with Crippen molar-refractivity contribution in [2.24, 2.45) is 0 Å². The number of carbonyl (C=O) groups is 1. The van der Waals surface area contributed by atoms with Crippen molar-refractivity contribution in [3.8, 4) is 0 Å². The first-order chi connectivity index (χ1) is 11.5. The zero-order chi connectivity index (χ0) is 17.5. The highest BCUT2D eigenvalue weighted by Crippen LogP contribution is 2.27. The Morgan fingerprint density at radius 2 is 2.08 bits per heavy atom. The quantitative estimate of drug-likeness (QED) is 0.673. The number of halogens is 3. The number of carbonyl (C=O) groups excluding carboxylic acids is 1. The number of nitrogens with zero attached hydrogens (tertiary/aromatic N) is 2. The average Bonchev–Trinajstić information content (AvgIpc) is 2.55. The maximum atomic E-state index is 13.3. The Hall–Kier alpha value is -1.93. The number of alkyl halides is 1. The van der Waals surface area contributed by atoms with Crippen LogP contribution in [0, 0.1) is 0 Å². The molecule has 0 radical (unpaired) electrons. The smallest absolute Gasteiger partial charge is 0.411 e. The zero-order valence-corrected chi connectivity index (χ0v) is 15.1. The van der Waals surface area contributed by atoms with Gasteiger partial charge in [0.15, 0.2) is 0 Å². The van der Waals surface area contributed by atoms with Crippen molar-refractivity contribution >= 4 is 45.1 Å². The van der Waals surface area contributed by atoms with Crippen LogP contribution >= 0.6 is 27.5 Å². The van der Waals surface area contributed by atoms with Crippen LogP contribution < -0.4 is 10.6 Å². The van der Waals surface area contributed by atoms with Crippen LogP contribution in [-0.2, 0) is 4.74 Å². The van der Waals surface area contributed by atoms with E-state index in [-0.39, 0.29) is 23.9 Å². The standard InChI is InChI=1S/C15H15BrClFN4O2/c1-9(18)13-12(17)14(21-8-20-13)19-6-7-24-15(23)22-11-4-2-10(16)3-5-11/h2-5,8-9H,6-7H2,1H3,(H,22,23)(H,19,20,21). The highest BCUT2D eigenvalue weighted by atomic mass is 79.9. The maximum absolute atomic E-state index is 13.3. The normalized spacial score (nSPS) is 11.7. The van der Waals surface area contributed by atoms with Crippen LogP contribution in [0.5, 0.6) is 0 Å². The van der Waals surface area contributed by atoms with E-state index in [9.17, 15) is 9.18 Å². The predicted octanol–water partition coefficient (Wildman–Crippen LogP) is 4.58. The van der Waals surface area contributed by atoms with Crippen molar-refractivity contribution < 1.29 is 13.9 Å². The Balaban J connectivity index is 1.77. The molecule has 1 atom stereocenters. The Morgan fingerprint density at radius 3 is 2.75 bits per heavy atom. The van der Waals surface area contributed by atoms with Crippen molar-refractivity contribution in [3.63, 3.8) is 0 Å². The Bertz CT molecular complexity index is 700. The van der Waals surface area contributed by atoms with E-state index in [1.54, 1.807) is 24.3 Å². The van der Waals surface area contributed by atoms with Gasteiger partial charge in [0, 0.05) is 10.2 Å². The van der Waals surface area contributed by atoms with Gasteiger partial charge in [0.1, 0.15) is 29.9 Å². The summed E-state index contributed by atoms with van der Waals surface area (Å²) in [6.45, 7) is 1.70. The molecule has 0 aliphatic rings. The van der Waals surface area contributed by atoms with Gasteiger partial charge >= 0.3 is 6.09 Å². The average molecular weight is 418 g/mol. The number of anilines is 2. The number of nitrogens with one attached hydrogen (secondary N) is 2. The second-order valence-electron chi connectivity index (χ2n) is 4.73. The van der Waals surface area contributed by atoms with E-state index in [1.165, 1.54) is 13.3 Å². The lowest BCUT2D eigenvalue weighted by atomic mass is 10.3. The third kappa shape index (κ3) is 5.31. The Kier molecular flexibility index (Phi) is 6.74. The molecule has 6 nitrogen and oxygen atoms in total. The van der Waals surface area contributed by atoms with Crippen LogP contribution in [0.3, 0.4) is 0 Å². The molecule has 1 heterocycles. The summed E-state index contributed by atoms with van der Waals surface area (Å²) in [7, 11) is 0. The molecule has 2 rings (SSSR count). The van der Waals surface area contributed by atoms with Crippen molar-refractivity contribution in [1.82, 2.24) is 9.97 Å². The highest BCUT2D eigenvalue weighted by Gasteiger charge is 2.14. The van der Waals surface area contributed by atoms with Gasteiger partial charge in [-0.2, -0.15) is 0 Å². The molecule has 1 unspecified atom stereocenters. The Morgan fingerprint density at radius 1 is 1.38 bits per heavy atom. The topological polar surface area (TPSA) is 76.1 Å². The van der Waals surface area contributed by atoms with Crippen LogP contribution in [0.2, 0.25) is 5.02 Å². The molecule has 1 aromatic heterocycles. The van der Waals surface area contributed by atoms with E-state index in [1.807, 2.05) is 0 Å². The Labute approximate surface area is 151 Å². The van der Waals surface area contributed by atoms with Gasteiger partial charge in [-0.3, -0.25) is 5.32 Å². The largest absolute Gasteiger partial charge is 0.447 e. The monoisotopic (exact) mass is 416 g/mol. The molecular formula is C15H15BrClFN4O2. The van der Waals surface area contributed by atoms with Crippen LogP contribution in [0.25, 0.3) is 0 Å². The first-order valence-corrected chi connectivity index (χ1v) is 8.22. The van der Waals surface area contributed by atoms with Gasteiger partial charge in [-0.15, -0.1) is 0 Å². The van der Waals surface area contributed by atoms with Gasteiger partial charge in [-0.25, -0.2) is 19.2 Å². The number of benzene rings is 1. The second-order valence-corrected chi connectivity index (χ2v) is 6.03. The first kappa shape index (κ1) is 18.4. The van der Waals surface area contributed by atoms with E-state index in [2.05, 4.69) is 36.5 Å². The molecule has 0 aliphatic heterocycles. The summed E-state index contributed by atoms with van der Waals surface area (Å²) >= 11 is 9.32. The number of aromatic nitrogens is 2. The van der Waals surface area contributed by atoms with Gasteiger partial charge in [-0.1, -0.05) is 27.5 Å². The van der Waals surface area contributed by atoms with Crippen LogP contribution in [-0.4, -0.2) is 29.2 Å². The minimum atomic E-state index is -1.30. The molecule has 2 aromatic rings. The van der Waals surface area contributed by atoms with Gasteiger partial charge in [0.25, 0.3) is 0 Å². The summed E-state index contributed by atoms with van der Waals surface area (Å²) in [6.07, 6.45) is -0.652. The number of amides is 1. The molecule has 1 aromatic carbocycles. The fourth-order valence-electron chi connectivity index (χ4n) is 1.78. The number of ether oxygens (including phenoxy) is 1. The van der Waals surface area contributed by atoms with E-state index in [0.29, 0.717) is 11.5 Å². The zero-order valence-electron chi connectivity index (χ0n) is 12.7. The molecule has 128 valence electrons. The third-order valence-corrected chi connectivity index (χ3v) is 3.81. The van der Waals surface area contributed by atoms with Crippen molar-refractivity contribution in [2.45, 2.75) is 13.1 Å². The molecule has 0 saturated heterocycles. The van der Waals surface area contributed by atoms with Gasteiger partial charge in [-0.05, 0) is 31.2 Å². The minimum absolute atomic E-state index is 0.0865. The van der Waals surface area contributed by atoms with Crippen LogP contribution in [0.1, 0.15) is 18.8 Å². The molecule has 24 heavy (non-hydrogen) atoms. The van der Waals surface area contributed by atoms with Gasteiger partial charge in [0.2, 0.25) is 0 Å². The van der Waals surface area contributed by atoms with E-state index in [4.69, 9.17) is 16.3 Å². The summed E-state index contributed by atoms with van der Waals surface area (Å²) in [5.74, 6) is 0.295. The fourth-order valence-corrected chi connectivity index (χ4v) is 2.36. The molecule has 0 aliphatic carbocycles. The molecule has 0 spiro atoms. The molecule has 9 heteroatoms. The minimum Gasteiger partial charge on any atom is -0.447 e. The van der Waals surface area contributed by atoms with E-state index < -0.39 is 12.3 Å². The summed E-state index contributed by atoms with van der Waals surface area (Å²) in [6, 6.07) is 7.09. The van der Waals surface area contributed by atoms with E-state index >= 15 is 0 Å². The third-order valence-electron chi connectivity index (χ3n) is 2.91. The molecule has 0 saturated carbocycles. The van der Waals surface area contributed by atoms with Gasteiger partial charge in [0.05, 0.1) is 12.2 Å². The first-order valence-electron chi connectivity index (χ1n) is 7.05. The van der Waals surface area contributed by atoms with Crippen molar-refractivity contribution in [3.05, 3.63) is 45.8 Å². The highest BCUT2D eigenvalue weighted by molar-refractivity contribution is 9.10. The summed E-state index contributed by atoms with van der Waals surface area (Å²) in [4.78, 5) is 19.4. The number of rotatable bonds is 6.